The number of rotatable bonds is 3. The quantitative estimate of drug-likeness (QED) is 0.820. The summed E-state index contributed by atoms with van der Waals surface area (Å²) in [6.45, 7) is 2.23. The summed E-state index contributed by atoms with van der Waals surface area (Å²) in [5, 5.41) is 3.09. The molecule has 2 rings (SSSR count). The van der Waals surface area contributed by atoms with Crippen molar-refractivity contribution in [1.82, 2.24) is 5.32 Å². The number of nitrogens with one attached hydrogen (secondary N) is 1. The third-order valence-corrected chi connectivity index (χ3v) is 3.80. The Kier molecular flexibility index (Phi) is 3.98. The molecule has 1 saturated carbocycles. The monoisotopic (exact) mass is 261 g/mol. The standard InChI is InChI=1S/C15H23N3O/c1-10-4-6-12(8-10)17-15(19)11-5-7-14(18(2)3)13(16)9-11/h5,7,9-10,12H,4,6,8,16H2,1-3H3,(H,17,19). The fraction of sp³-hybridized carbons (Fsp3) is 0.533. The summed E-state index contributed by atoms with van der Waals surface area (Å²) < 4.78 is 0. The van der Waals surface area contributed by atoms with Gasteiger partial charge in [0.25, 0.3) is 5.91 Å². The maximum Gasteiger partial charge on any atom is 0.251 e. The average Bonchev–Trinajstić information content (AvgIpc) is 2.74. The molecule has 0 bridgehead atoms. The van der Waals surface area contributed by atoms with Crippen molar-refractivity contribution in [1.29, 1.82) is 0 Å². The fourth-order valence-electron chi connectivity index (χ4n) is 2.71. The zero-order valence-electron chi connectivity index (χ0n) is 11.9. The van der Waals surface area contributed by atoms with Crippen molar-refractivity contribution in [3.8, 4) is 0 Å². The summed E-state index contributed by atoms with van der Waals surface area (Å²) in [5.41, 5.74) is 8.18. The number of nitrogens with two attached hydrogens (primary N) is 1. The first-order chi connectivity index (χ1) is 8.97. The minimum Gasteiger partial charge on any atom is -0.397 e. The molecule has 0 saturated heterocycles. The van der Waals surface area contributed by atoms with E-state index in [-0.39, 0.29) is 5.91 Å². The van der Waals surface area contributed by atoms with Gasteiger partial charge in [-0.3, -0.25) is 4.79 Å². The lowest BCUT2D eigenvalue weighted by atomic mass is 10.1. The van der Waals surface area contributed by atoms with Crippen molar-refractivity contribution in [2.24, 2.45) is 5.92 Å². The van der Waals surface area contributed by atoms with Gasteiger partial charge in [-0.1, -0.05) is 6.92 Å². The van der Waals surface area contributed by atoms with Crippen LogP contribution in [0.4, 0.5) is 11.4 Å². The van der Waals surface area contributed by atoms with Gasteiger partial charge in [-0.25, -0.2) is 0 Å². The summed E-state index contributed by atoms with van der Waals surface area (Å²) in [6.07, 6.45) is 3.36. The predicted octanol–water partition coefficient (Wildman–Crippen LogP) is 2.25. The summed E-state index contributed by atoms with van der Waals surface area (Å²) in [7, 11) is 3.87. The molecule has 1 amide bonds. The fourth-order valence-corrected chi connectivity index (χ4v) is 2.71. The van der Waals surface area contributed by atoms with E-state index in [1.54, 1.807) is 6.07 Å². The molecule has 4 heteroatoms. The van der Waals surface area contributed by atoms with Gasteiger partial charge in [-0.05, 0) is 43.4 Å². The third-order valence-electron chi connectivity index (χ3n) is 3.80. The van der Waals surface area contributed by atoms with Crippen molar-refractivity contribution < 1.29 is 4.79 Å². The van der Waals surface area contributed by atoms with Gasteiger partial charge in [0.2, 0.25) is 0 Å². The van der Waals surface area contributed by atoms with Crippen molar-refractivity contribution in [2.75, 3.05) is 24.7 Å². The minimum atomic E-state index is -0.0175. The Labute approximate surface area is 115 Å². The Morgan fingerprint density at radius 1 is 1.37 bits per heavy atom. The molecule has 1 aliphatic carbocycles. The van der Waals surface area contributed by atoms with Crippen LogP contribution in [0.1, 0.15) is 36.5 Å². The molecule has 0 aromatic heterocycles. The largest absolute Gasteiger partial charge is 0.397 e. The highest BCUT2D eigenvalue weighted by Crippen LogP contribution is 2.26. The van der Waals surface area contributed by atoms with Crippen LogP contribution in [0.5, 0.6) is 0 Å². The third kappa shape index (κ3) is 3.19. The van der Waals surface area contributed by atoms with Gasteiger partial charge in [0.15, 0.2) is 0 Å². The number of anilines is 2. The molecule has 1 aromatic rings. The minimum absolute atomic E-state index is 0.0175. The van der Waals surface area contributed by atoms with Crippen LogP contribution in [0.25, 0.3) is 0 Å². The van der Waals surface area contributed by atoms with Crippen LogP contribution < -0.4 is 16.0 Å². The zero-order valence-corrected chi connectivity index (χ0v) is 11.9. The van der Waals surface area contributed by atoms with E-state index in [1.807, 2.05) is 31.1 Å². The average molecular weight is 261 g/mol. The highest BCUT2D eigenvalue weighted by atomic mass is 16.1. The molecule has 2 unspecified atom stereocenters. The van der Waals surface area contributed by atoms with Crippen LogP contribution in [0, 0.1) is 5.92 Å². The molecular weight excluding hydrogens is 238 g/mol. The molecule has 3 N–H and O–H groups in total. The molecule has 2 atom stereocenters. The van der Waals surface area contributed by atoms with E-state index in [0.717, 1.165) is 18.5 Å². The van der Waals surface area contributed by atoms with Crippen LogP contribution >= 0.6 is 0 Å². The Bertz CT molecular complexity index is 470. The first-order valence-corrected chi connectivity index (χ1v) is 6.85. The first kappa shape index (κ1) is 13.7. The second-order valence-electron chi connectivity index (χ2n) is 5.76. The summed E-state index contributed by atoms with van der Waals surface area (Å²) in [6, 6.07) is 5.79. The molecule has 104 valence electrons. The second-order valence-corrected chi connectivity index (χ2v) is 5.76. The van der Waals surface area contributed by atoms with Crippen molar-refractivity contribution in [3.63, 3.8) is 0 Å². The number of carbonyl (C=O) groups excluding carboxylic acids is 1. The summed E-state index contributed by atoms with van der Waals surface area (Å²) >= 11 is 0. The predicted molar refractivity (Wildman–Crippen MR) is 79.5 cm³/mol. The van der Waals surface area contributed by atoms with E-state index >= 15 is 0 Å². The number of nitrogen functional groups attached to an aromatic ring is 1. The van der Waals surface area contributed by atoms with Crippen LogP contribution in [-0.2, 0) is 0 Å². The molecule has 1 aromatic carbocycles. The zero-order chi connectivity index (χ0) is 14.0. The summed E-state index contributed by atoms with van der Waals surface area (Å²) in [4.78, 5) is 14.1. The van der Waals surface area contributed by atoms with Crippen LogP contribution in [0.2, 0.25) is 0 Å². The molecule has 1 aliphatic rings. The number of carbonyl (C=O) groups is 1. The van der Waals surface area contributed by atoms with Gasteiger partial charge in [0, 0.05) is 25.7 Å². The molecular formula is C15H23N3O. The number of nitrogens with zero attached hydrogens (tertiary/aromatic N) is 1. The Hall–Kier alpha value is -1.71. The van der Waals surface area contributed by atoms with Crippen molar-refractivity contribution in [3.05, 3.63) is 23.8 Å². The Balaban J connectivity index is 2.05. The number of hydrogen-bond acceptors (Lipinski definition) is 3. The van der Waals surface area contributed by atoms with Crippen LogP contribution in [-0.4, -0.2) is 26.0 Å². The van der Waals surface area contributed by atoms with Crippen molar-refractivity contribution >= 4 is 17.3 Å². The maximum absolute atomic E-state index is 12.2. The lowest BCUT2D eigenvalue weighted by Crippen LogP contribution is -2.33. The normalized spacial score (nSPS) is 22.3. The van der Waals surface area contributed by atoms with Gasteiger partial charge in [0.05, 0.1) is 11.4 Å². The van der Waals surface area contributed by atoms with Gasteiger partial charge < -0.3 is 16.0 Å². The van der Waals surface area contributed by atoms with E-state index in [9.17, 15) is 4.79 Å². The first-order valence-electron chi connectivity index (χ1n) is 6.85. The molecule has 0 spiro atoms. The lowest BCUT2D eigenvalue weighted by molar-refractivity contribution is 0.0937. The molecule has 19 heavy (non-hydrogen) atoms. The summed E-state index contributed by atoms with van der Waals surface area (Å²) in [5.74, 6) is 0.697. The van der Waals surface area contributed by atoms with E-state index < -0.39 is 0 Å². The van der Waals surface area contributed by atoms with Gasteiger partial charge in [-0.15, -0.1) is 0 Å². The SMILES string of the molecule is CC1CCC(NC(=O)c2ccc(N(C)C)c(N)c2)C1. The van der Waals surface area contributed by atoms with Gasteiger partial charge >= 0.3 is 0 Å². The number of benzene rings is 1. The molecule has 0 radical (unpaired) electrons. The lowest BCUT2D eigenvalue weighted by Gasteiger charge is -2.17. The smallest absolute Gasteiger partial charge is 0.251 e. The molecule has 0 heterocycles. The van der Waals surface area contributed by atoms with Crippen LogP contribution in [0.15, 0.2) is 18.2 Å². The van der Waals surface area contributed by atoms with E-state index in [0.29, 0.717) is 23.2 Å². The number of hydrogen-bond donors (Lipinski definition) is 2. The highest BCUT2D eigenvalue weighted by molar-refractivity contribution is 5.96. The van der Waals surface area contributed by atoms with E-state index in [1.165, 1.54) is 6.42 Å². The Morgan fingerprint density at radius 3 is 2.63 bits per heavy atom. The maximum atomic E-state index is 12.2. The molecule has 0 aliphatic heterocycles. The van der Waals surface area contributed by atoms with Crippen molar-refractivity contribution in [2.45, 2.75) is 32.2 Å². The highest BCUT2D eigenvalue weighted by Gasteiger charge is 2.23. The van der Waals surface area contributed by atoms with Gasteiger partial charge in [-0.2, -0.15) is 0 Å². The number of amides is 1. The molecule has 4 nitrogen and oxygen atoms in total. The second kappa shape index (κ2) is 5.51. The van der Waals surface area contributed by atoms with Crippen LogP contribution in [0.3, 0.4) is 0 Å². The van der Waals surface area contributed by atoms with E-state index in [2.05, 4.69) is 12.2 Å². The van der Waals surface area contributed by atoms with Gasteiger partial charge in [0.1, 0.15) is 0 Å². The molecule has 1 fully saturated rings. The Morgan fingerprint density at radius 2 is 2.11 bits per heavy atom. The van der Waals surface area contributed by atoms with E-state index in [4.69, 9.17) is 5.73 Å². The topological polar surface area (TPSA) is 58.4 Å².